The van der Waals surface area contributed by atoms with Gasteiger partial charge >= 0.3 is 0 Å². The van der Waals surface area contributed by atoms with Crippen molar-refractivity contribution in [2.24, 2.45) is 0 Å². The number of aldehydes is 1. The van der Waals surface area contributed by atoms with Crippen LogP contribution in [0.5, 0.6) is 11.5 Å². The van der Waals surface area contributed by atoms with Crippen LogP contribution < -0.4 is 0 Å². The molecule has 32 heavy (non-hydrogen) atoms. The zero-order valence-electron chi connectivity index (χ0n) is 17.8. The highest BCUT2D eigenvalue weighted by molar-refractivity contribution is 5.91. The van der Waals surface area contributed by atoms with E-state index in [4.69, 9.17) is 0 Å². The summed E-state index contributed by atoms with van der Waals surface area (Å²) in [4.78, 5) is 12.0. The average Bonchev–Trinajstić information content (AvgIpc) is 2.85. The summed E-state index contributed by atoms with van der Waals surface area (Å²) in [6, 6.07) is 29.8. The maximum atomic E-state index is 12.0. The first kappa shape index (κ1) is 21.1. The van der Waals surface area contributed by atoms with Crippen molar-refractivity contribution in [3.63, 3.8) is 0 Å². The second-order valence-electron chi connectivity index (χ2n) is 7.63. The van der Waals surface area contributed by atoms with Crippen molar-refractivity contribution in [3.05, 3.63) is 125 Å². The molecular formula is C29H24O3. The van der Waals surface area contributed by atoms with E-state index in [9.17, 15) is 15.0 Å². The zero-order valence-corrected chi connectivity index (χ0v) is 17.8. The molecule has 4 rings (SSSR count). The normalized spacial score (nSPS) is 10.5. The number of aromatic hydroxyl groups is 2. The van der Waals surface area contributed by atoms with Crippen molar-refractivity contribution >= 4 is 11.9 Å². The van der Waals surface area contributed by atoms with Gasteiger partial charge in [0.2, 0.25) is 0 Å². The van der Waals surface area contributed by atoms with Crippen LogP contribution in [0.3, 0.4) is 0 Å². The maximum Gasteiger partial charge on any atom is 0.168 e. The molecule has 3 nitrogen and oxygen atoms in total. The lowest BCUT2D eigenvalue weighted by molar-refractivity contribution is 0.111. The van der Waals surface area contributed by atoms with Gasteiger partial charge in [0.1, 0.15) is 0 Å². The van der Waals surface area contributed by atoms with Crippen LogP contribution in [0.1, 0.15) is 32.6 Å². The van der Waals surface area contributed by atoms with E-state index in [0.717, 1.165) is 27.8 Å². The Labute approximate surface area is 187 Å². The number of hydrogen-bond acceptors (Lipinski definition) is 3. The van der Waals surface area contributed by atoms with E-state index < -0.39 is 0 Å². The van der Waals surface area contributed by atoms with E-state index in [0.29, 0.717) is 23.8 Å². The van der Waals surface area contributed by atoms with Gasteiger partial charge in [-0.2, -0.15) is 0 Å². The maximum absolute atomic E-state index is 12.0. The summed E-state index contributed by atoms with van der Waals surface area (Å²) in [6.45, 7) is 1.76. The molecule has 0 amide bonds. The number of phenols is 2. The minimum absolute atomic E-state index is 0.115. The highest BCUT2D eigenvalue weighted by Crippen LogP contribution is 2.42. The Morgan fingerprint density at radius 2 is 1.25 bits per heavy atom. The predicted octanol–water partition coefficient (Wildman–Crippen LogP) is 6.56. The molecule has 4 aromatic carbocycles. The molecule has 0 bridgehead atoms. The summed E-state index contributed by atoms with van der Waals surface area (Å²) in [5.74, 6) is -0.633. The lowest BCUT2D eigenvalue weighted by Crippen LogP contribution is -2.01. The van der Waals surface area contributed by atoms with Crippen LogP contribution in [0.25, 0.3) is 16.7 Å². The molecule has 0 aliphatic carbocycles. The third-order valence-corrected chi connectivity index (χ3v) is 5.70. The van der Waals surface area contributed by atoms with Crippen molar-refractivity contribution in [2.75, 3.05) is 0 Å². The molecule has 0 fully saturated rings. The average molecular weight is 421 g/mol. The molecule has 0 spiro atoms. The molecule has 4 aromatic rings. The first-order valence-electron chi connectivity index (χ1n) is 10.5. The zero-order chi connectivity index (χ0) is 22.5. The third-order valence-electron chi connectivity index (χ3n) is 5.70. The summed E-state index contributed by atoms with van der Waals surface area (Å²) >= 11 is 0. The third kappa shape index (κ3) is 4.06. The Balaban J connectivity index is 1.93. The van der Waals surface area contributed by atoms with E-state index in [-0.39, 0.29) is 17.1 Å². The first-order valence-corrected chi connectivity index (χ1v) is 10.5. The van der Waals surface area contributed by atoms with Gasteiger partial charge in [-0.15, -0.1) is 0 Å². The van der Waals surface area contributed by atoms with E-state index in [1.165, 1.54) is 0 Å². The molecular weight excluding hydrogens is 396 g/mol. The number of benzene rings is 4. The number of rotatable bonds is 6. The molecule has 0 saturated heterocycles. The van der Waals surface area contributed by atoms with Crippen molar-refractivity contribution in [3.8, 4) is 22.6 Å². The smallest absolute Gasteiger partial charge is 0.168 e. The largest absolute Gasteiger partial charge is 0.504 e. The van der Waals surface area contributed by atoms with Gasteiger partial charge in [-0.25, -0.2) is 0 Å². The fourth-order valence-corrected chi connectivity index (χ4v) is 4.10. The van der Waals surface area contributed by atoms with Gasteiger partial charge in [-0.1, -0.05) is 97.1 Å². The fourth-order valence-electron chi connectivity index (χ4n) is 4.10. The SMILES string of the molecule is Cc1c(O)c(O)c(C=O)c(CC=C(c2ccccc2)c2ccccc2)c1-c1ccccc1. The molecule has 0 saturated carbocycles. The van der Waals surface area contributed by atoms with E-state index in [1.54, 1.807) is 6.92 Å². The van der Waals surface area contributed by atoms with Crippen molar-refractivity contribution < 1.29 is 15.0 Å². The van der Waals surface area contributed by atoms with Gasteiger partial charge in [0, 0.05) is 5.56 Å². The Bertz CT molecular complexity index is 1220. The van der Waals surface area contributed by atoms with Crippen LogP contribution in [0.4, 0.5) is 0 Å². The van der Waals surface area contributed by atoms with Gasteiger partial charge in [-0.05, 0) is 46.7 Å². The Morgan fingerprint density at radius 3 is 1.75 bits per heavy atom. The predicted molar refractivity (Wildman–Crippen MR) is 129 cm³/mol. The Hall–Kier alpha value is -4.11. The van der Waals surface area contributed by atoms with Crippen LogP contribution >= 0.6 is 0 Å². The van der Waals surface area contributed by atoms with Crippen LogP contribution in [-0.2, 0) is 6.42 Å². The molecule has 0 aromatic heterocycles. The number of allylic oxidation sites excluding steroid dienone is 1. The second kappa shape index (κ2) is 9.36. The minimum Gasteiger partial charge on any atom is -0.504 e. The molecule has 158 valence electrons. The molecule has 0 atom stereocenters. The van der Waals surface area contributed by atoms with E-state index >= 15 is 0 Å². The Morgan fingerprint density at radius 1 is 0.750 bits per heavy atom. The first-order chi connectivity index (χ1) is 15.6. The summed E-state index contributed by atoms with van der Waals surface area (Å²) in [6.07, 6.45) is 3.11. The van der Waals surface area contributed by atoms with Crippen molar-refractivity contribution in [2.45, 2.75) is 13.3 Å². The summed E-state index contributed by atoms with van der Waals surface area (Å²) in [7, 11) is 0. The van der Waals surface area contributed by atoms with Crippen LogP contribution in [0.2, 0.25) is 0 Å². The summed E-state index contributed by atoms with van der Waals surface area (Å²) in [5, 5.41) is 21.0. The monoisotopic (exact) mass is 420 g/mol. The molecule has 0 aliphatic rings. The summed E-state index contributed by atoms with van der Waals surface area (Å²) < 4.78 is 0. The van der Waals surface area contributed by atoms with Crippen LogP contribution in [-0.4, -0.2) is 16.5 Å². The second-order valence-corrected chi connectivity index (χ2v) is 7.63. The topological polar surface area (TPSA) is 57.5 Å². The van der Waals surface area contributed by atoms with E-state index in [1.807, 2.05) is 66.7 Å². The molecule has 0 unspecified atom stereocenters. The van der Waals surface area contributed by atoms with Gasteiger partial charge < -0.3 is 10.2 Å². The lowest BCUT2D eigenvalue weighted by Gasteiger charge is -2.18. The highest BCUT2D eigenvalue weighted by atomic mass is 16.3. The number of carbonyl (C=O) groups is 1. The van der Waals surface area contributed by atoms with Gasteiger partial charge in [0.25, 0.3) is 0 Å². The standard InChI is InChI=1S/C29H24O3/c1-20-27(23-15-9-4-10-16-23)25(26(19-30)29(32)28(20)31)18-17-24(21-11-5-2-6-12-21)22-13-7-3-8-14-22/h2-17,19,31-32H,18H2,1H3. The van der Waals surface area contributed by atoms with Crippen LogP contribution in [0, 0.1) is 6.92 Å². The fraction of sp³-hybridized carbons (Fsp3) is 0.0690. The van der Waals surface area contributed by atoms with Crippen LogP contribution in [0.15, 0.2) is 97.1 Å². The molecule has 0 aliphatic heterocycles. The number of phenolic OH excluding ortho intramolecular Hbond substituents is 2. The molecule has 0 heterocycles. The highest BCUT2D eigenvalue weighted by Gasteiger charge is 2.21. The number of hydrogen-bond donors (Lipinski definition) is 2. The molecule has 3 heteroatoms. The van der Waals surface area contributed by atoms with Gasteiger partial charge in [0.05, 0.1) is 5.56 Å². The molecule has 2 N–H and O–H groups in total. The lowest BCUT2D eigenvalue weighted by atomic mass is 9.87. The Kier molecular flexibility index (Phi) is 6.18. The van der Waals surface area contributed by atoms with Gasteiger partial charge in [0.15, 0.2) is 17.8 Å². The molecule has 0 radical (unpaired) electrons. The summed E-state index contributed by atoms with van der Waals surface area (Å²) in [5.41, 5.74) is 6.15. The minimum atomic E-state index is -0.374. The van der Waals surface area contributed by atoms with Crippen molar-refractivity contribution in [1.29, 1.82) is 0 Å². The van der Waals surface area contributed by atoms with E-state index in [2.05, 4.69) is 30.3 Å². The number of carbonyl (C=O) groups excluding carboxylic acids is 1. The quantitative estimate of drug-likeness (QED) is 0.274. The van der Waals surface area contributed by atoms with Crippen molar-refractivity contribution in [1.82, 2.24) is 0 Å². The van der Waals surface area contributed by atoms with Gasteiger partial charge in [-0.3, -0.25) is 4.79 Å².